The van der Waals surface area contributed by atoms with Gasteiger partial charge >= 0.3 is 0 Å². The Hall–Kier alpha value is -1.97. The van der Waals surface area contributed by atoms with Crippen LogP contribution in [0.2, 0.25) is 0 Å². The second-order valence-corrected chi connectivity index (χ2v) is 6.19. The first-order valence-electron chi connectivity index (χ1n) is 7.90. The molecule has 22 heavy (non-hydrogen) atoms. The molecule has 3 rings (SSSR count). The number of ether oxygens (including phenoxy) is 2. The van der Waals surface area contributed by atoms with Gasteiger partial charge in [-0.3, -0.25) is 0 Å². The van der Waals surface area contributed by atoms with Gasteiger partial charge in [-0.05, 0) is 37.3 Å². The molecule has 1 aromatic heterocycles. The number of fused-ring (bicyclic) bond motifs is 1. The van der Waals surface area contributed by atoms with E-state index in [0.717, 1.165) is 47.2 Å². The minimum atomic E-state index is 0.778. The van der Waals surface area contributed by atoms with Gasteiger partial charge in [0.1, 0.15) is 17.3 Å². The zero-order valence-corrected chi connectivity index (χ0v) is 13.8. The van der Waals surface area contributed by atoms with Crippen LogP contribution in [0.25, 0.3) is 10.9 Å². The smallest absolute Gasteiger partial charge is 0.132 e. The Morgan fingerprint density at radius 2 is 1.82 bits per heavy atom. The zero-order valence-electron chi connectivity index (χ0n) is 13.8. The molecule has 0 amide bonds. The third-order valence-corrected chi connectivity index (χ3v) is 4.59. The molecule has 0 atom stereocenters. The van der Waals surface area contributed by atoms with Gasteiger partial charge in [-0.15, -0.1) is 0 Å². The Bertz CT molecular complexity index is 676. The van der Waals surface area contributed by atoms with Crippen molar-refractivity contribution in [1.82, 2.24) is 4.98 Å². The van der Waals surface area contributed by atoms with Crippen LogP contribution < -0.4 is 14.4 Å². The van der Waals surface area contributed by atoms with Crippen molar-refractivity contribution >= 4 is 16.7 Å². The Morgan fingerprint density at radius 3 is 2.45 bits per heavy atom. The third-order valence-electron chi connectivity index (χ3n) is 4.59. The van der Waals surface area contributed by atoms with Crippen LogP contribution in [0.5, 0.6) is 11.5 Å². The number of nitrogens with zero attached hydrogens (tertiary/aromatic N) is 2. The molecule has 4 heteroatoms. The van der Waals surface area contributed by atoms with E-state index in [1.165, 1.54) is 18.4 Å². The molecule has 0 aliphatic carbocycles. The van der Waals surface area contributed by atoms with Crippen molar-refractivity contribution in [2.45, 2.75) is 26.7 Å². The highest BCUT2D eigenvalue weighted by Gasteiger charge is 2.19. The lowest BCUT2D eigenvalue weighted by Crippen LogP contribution is -2.33. The lowest BCUT2D eigenvalue weighted by atomic mass is 9.99. The van der Waals surface area contributed by atoms with Gasteiger partial charge in [0, 0.05) is 30.6 Å². The quantitative estimate of drug-likeness (QED) is 0.863. The molecule has 0 N–H and O–H groups in total. The Labute approximate surface area is 132 Å². The number of aryl methyl sites for hydroxylation is 1. The maximum Gasteiger partial charge on any atom is 0.132 e. The summed E-state index contributed by atoms with van der Waals surface area (Å²) in [5.41, 5.74) is 2.13. The maximum absolute atomic E-state index is 5.52. The molecule has 1 fully saturated rings. The average Bonchev–Trinajstić information content (AvgIpc) is 2.54. The maximum atomic E-state index is 5.52. The SMILES string of the molecule is COc1cc(OC)c2c(C)cc(N3CCC(C)CC3)nc2c1. The summed E-state index contributed by atoms with van der Waals surface area (Å²) in [5, 5.41) is 1.07. The summed E-state index contributed by atoms with van der Waals surface area (Å²) in [6.07, 6.45) is 2.47. The van der Waals surface area contributed by atoms with Gasteiger partial charge < -0.3 is 14.4 Å². The van der Waals surface area contributed by atoms with Crippen LogP contribution in [0.3, 0.4) is 0 Å². The number of hydrogen-bond donors (Lipinski definition) is 0. The molecule has 1 aromatic carbocycles. The molecule has 1 aliphatic rings. The fourth-order valence-electron chi connectivity index (χ4n) is 3.16. The third kappa shape index (κ3) is 2.70. The van der Waals surface area contributed by atoms with E-state index in [0.29, 0.717) is 0 Å². The summed E-state index contributed by atoms with van der Waals surface area (Å²) >= 11 is 0. The first kappa shape index (κ1) is 14.9. The predicted molar refractivity (Wildman–Crippen MR) is 90.2 cm³/mol. The number of methoxy groups -OCH3 is 2. The van der Waals surface area contributed by atoms with E-state index in [1.807, 2.05) is 12.1 Å². The summed E-state index contributed by atoms with van der Waals surface area (Å²) in [5.74, 6) is 3.48. The van der Waals surface area contributed by atoms with Crippen LogP contribution in [0.4, 0.5) is 5.82 Å². The molecule has 118 valence electrons. The van der Waals surface area contributed by atoms with Gasteiger partial charge in [-0.1, -0.05) is 6.92 Å². The van der Waals surface area contributed by atoms with Crippen molar-refractivity contribution in [2.75, 3.05) is 32.2 Å². The second kappa shape index (κ2) is 6.03. The lowest BCUT2D eigenvalue weighted by molar-refractivity contribution is 0.397. The minimum Gasteiger partial charge on any atom is -0.497 e. The summed E-state index contributed by atoms with van der Waals surface area (Å²) in [7, 11) is 3.36. The van der Waals surface area contributed by atoms with Gasteiger partial charge in [0.25, 0.3) is 0 Å². The zero-order chi connectivity index (χ0) is 15.7. The Morgan fingerprint density at radius 1 is 1.09 bits per heavy atom. The van der Waals surface area contributed by atoms with E-state index >= 15 is 0 Å². The van der Waals surface area contributed by atoms with Crippen molar-refractivity contribution in [2.24, 2.45) is 5.92 Å². The topological polar surface area (TPSA) is 34.6 Å². The predicted octanol–water partition coefficient (Wildman–Crippen LogP) is 3.80. The van der Waals surface area contributed by atoms with Crippen molar-refractivity contribution in [3.63, 3.8) is 0 Å². The number of pyridine rings is 1. The molecule has 1 saturated heterocycles. The second-order valence-electron chi connectivity index (χ2n) is 6.19. The Kier molecular flexibility index (Phi) is 4.10. The van der Waals surface area contributed by atoms with Crippen LogP contribution in [0.15, 0.2) is 18.2 Å². The van der Waals surface area contributed by atoms with Crippen molar-refractivity contribution in [3.8, 4) is 11.5 Å². The summed E-state index contributed by atoms with van der Waals surface area (Å²) < 4.78 is 10.9. The number of piperidine rings is 1. The van der Waals surface area contributed by atoms with Crippen molar-refractivity contribution in [1.29, 1.82) is 0 Å². The molecule has 0 spiro atoms. The molecule has 0 bridgehead atoms. The first-order chi connectivity index (χ1) is 10.6. The number of benzene rings is 1. The van der Waals surface area contributed by atoms with Gasteiger partial charge in [-0.2, -0.15) is 0 Å². The Balaban J connectivity index is 2.07. The van der Waals surface area contributed by atoms with E-state index in [9.17, 15) is 0 Å². The van der Waals surface area contributed by atoms with E-state index in [2.05, 4.69) is 24.8 Å². The highest BCUT2D eigenvalue weighted by molar-refractivity contribution is 5.91. The van der Waals surface area contributed by atoms with Crippen LogP contribution in [-0.2, 0) is 0 Å². The van der Waals surface area contributed by atoms with Gasteiger partial charge in [0.15, 0.2) is 0 Å². The van der Waals surface area contributed by atoms with E-state index < -0.39 is 0 Å². The molecule has 0 radical (unpaired) electrons. The first-order valence-corrected chi connectivity index (χ1v) is 7.90. The van der Waals surface area contributed by atoms with Crippen molar-refractivity contribution in [3.05, 3.63) is 23.8 Å². The van der Waals surface area contributed by atoms with Crippen LogP contribution >= 0.6 is 0 Å². The molecular formula is C18H24N2O2. The normalized spacial score (nSPS) is 16.1. The molecule has 1 aliphatic heterocycles. The summed E-state index contributed by atoms with van der Waals surface area (Å²) in [4.78, 5) is 7.26. The minimum absolute atomic E-state index is 0.778. The van der Waals surface area contributed by atoms with Crippen LogP contribution in [-0.4, -0.2) is 32.3 Å². The molecule has 4 nitrogen and oxygen atoms in total. The van der Waals surface area contributed by atoms with Gasteiger partial charge in [-0.25, -0.2) is 4.98 Å². The van der Waals surface area contributed by atoms with E-state index in [-0.39, 0.29) is 0 Å². The standard InChI is InChI=1S/C18H24N2O2/c1-12-5-7-20(8-6-12)17-9-13(2)18-15(19-17)10-14(21-3)11-16(18)22-4/h9-12H,5-8H2,1-4H3. The van der Waals surface area contributed by atoms with Gasteiger partial charge in [0.2, 0.25) is 0 Å². The number of anilines is 1. The van der Waals surface area contributed by atoms with E-state index in [4.69, 9.17) is 14.5 Å². The number of aromatic nitrogens is 1. The number of rotatable bonds is 3. The lowest BCUT2D eigenvalue weighted by Gasteiger charge is -2.31. The molecule has 0 saturated carbocycles. The molecule has 2 heterocycles. The highest BCUT2D eigenvalue weighted by Crippen LogP contribution is 2.34. The fourth-order valence-corrected chi connectivity index (χ4v) is 3.16. The van der Waals surface area contributed by atoms with Crippen LogP contribution in [0, 0.1) is 12.8 Å². The average molecular weight is 300 g/mol. The van der Waals surface area contributed by atoms with Gasteiger partial charge in [0.05, 0.1) is 19.7 Å². The van der Waals surface area contributed by atoms with Crippen LogP contribution in [0.1, 0.15) is 25.3 Å². The summed E-state index contributed by atoms with van der Waals surface area (Å²) in [6, 6.07) is 6.08. The number of hydrogen-bond acceptors (Lipinski definition) is 4. The fraction of sp³-hybridized carbons (Fsp3) is 0.500. The molecular weight excluding hydrogens is 276 g/mol. The monoisotopic (exact) mass is 300 g/mol. The molecule has 0 unspecified atom stereocenters. The van der Waals surface area contributed by atoms with Crippen molar-refractivity contribution < 1.29 is 9.47 Å². The largest absolute Gasteiger partial charge is 0.497 e. The summed E-state index contributed by atoms with van der Waals surface area (Å²) in [6.45, 7) is 6.61. The van der Waals surface area contributed by atoms with E-state index in [1.54, 1.807) is 14.2 Å². The molecule has 2 aromatic rings. The highest BCUT2D eigenvalue weighted by atomic mass is 16.5.